The Bertz CT molecular complexity index is 1140. The predicted molar refractivity (Wildman–Crippen MR) is 134 cm³/mol. The van der Waals surface area contributed by atoms with E-state index in [9.17, 15) is 13.2 Å². The number of benzene rings is 2. The van der Waals surface area contributed by atoms with Crippen LogP contribution < -0.4 is 10.0 Å². The lowest BCUT2D eigenvalue weighted by atomic mass is 10.0. The molecule has 2 aromatic carbocycles. The molecule has 1 saturated heterocycles. The zero-order valence-electron chi connectivity index (χ0n) is 19.8. The van der Waals surface area contributed by atoms with Gasteiger partial charge >= 0.3 is 0 Å². The number of likely N-dealkylation sites (tertiary alicyclic amines) is 1. The Morgan fingerprint density at radius 2 is 1.76 bits per heavy atom. The van der Waals surface area contributed by atoms with Crippen molar-refractivity contribution < 1.29 is 13.2 Å². The first kappa shape index (κ1) is 24.4. The molecular formula is C26H34N4O3S. The minimum atomic E-state index is -3.64. The van der Waals surface area contributed by atoms with Crippen LogP contribution in [-0.2, 0) is 27.9 Å². The fourth-order valence-electron chi connectivity index (χ4n) is 4.58. The van der Waals surface area contributed by atoms with Crippen LogP contribution in [0.15, 0.2) is 58.4 Å². The summed E-state index contributed by atoms with van der Waals surface area (Å²) in [7, 11) is -3.64. The summed E-state index contributed by atoms with van der Waals surface area (Å²) in [6, 6.07) is 14.3. The number of amides is 1. The first-order chi connectivity index (χ1) is 16.5. The molecule has 0 bridgehead atoms. The van der Waals surface area contributed by atoms with Crippen molar-refractivity contribution in [1.82, 2.24) is 14.9 Å². The lowest BCUT2D eigenvalue weighted by molar-refractivity contribution is -0.122. The van der Waals surface area contributed by atoms with E-state index in [1.807, 2.05) is 12.1 Å². The van der Waals surface area contributed by atoms with E-state index >= 15 is 0 Å². The van der Waals surface area contributed by atoms with Gasteiger partial charge in [-0.2, -0.15) is 0 Å². The molecule has 2 aliphatic rings. The molecule has 34 heavy (non-hydrogen) atoms. The number of carbonyl (C=O) groups excluding carboxylic acids is 1. The fourth-order valence-corrected chi connectivity index (χ4v) is 5.82. The van der Waals surface area contributed by atoms with Gasteiger partial charge in [-0.15, -0.1) is 0 Å². The Labute approximate surface area is 202 Å². The quantitative estimate of drug-likeness (QED) is 0.572. The summed E-state index contributed by atoms with van der Waals surface area (Å²) in [5, 5.41) is 3.06. The summed E-state index contributed by atoms with van der Waals surface area (Å²) in [6.07, 6.45) is 6.10. The average molecular weight is 483 g/mol. The van der Waals surface area contributed by atoms with Gasteiger partial charge in [0.1, 0.15) is 11.9 Å². The third-order valence-corrected chi connectivity index (χ3v) is 7.89. The van der Waals surface area contributed by atoms with E-state index in [4.69, 9.17) is 0 Å². The number of hydrogen-bond acceptors (Lipinski definition) is 5. The smallest absolute Gasteiger partial charge is 0.263 e. The largest absolute Gasteiger partial charge is 0.350 e. The van der Waals surface area contributed by atoms with Crippen LogP contribution in [0.5, 0.6) is 0 Å². The molecule has 0 radical (unpaired) electrons. The summed E-state index contributed by atoms with van der Waals surface area (Å²) >= 11 is 0. The topological polar surface area (TPSA) is 90.9 Å². The SMILES string of the molecule is CCCCC(N=C1NS(=O)(=O)c2ccccc21)C(=O)NCc1ccccc1CN1CCCCC1. The van der Waals surface area contributed by atoms with Gasteiger partial charge in [-0.05, 0) is 55.6 Å². The maximum atomic E-state index is 13.2. The number of hydrogen-bond donors (Lipinski definition) is 2. The third-order valence-electron chi connectivity index (χ3n) is 6.50. The van der Waals surface area contributed by atoms with E-state index in [2.05, 4.69) is 39.0 Å². The second kappa shape index (κ2) is 11.1. The van der Waals surface area contributed by atoms with Crippen molar-refractivity contribution in [3.05, 3.63) is 65.2 Å². The predicted octanol–water partition coefficient (Wildman–Crippen LogP) is 3.59. The van der Waals surface area contributed by atoms with Crippen LogP contribution in [-0.4, -0.2) is 44.2 Å². The van der Waals surface area contributed by atoms with Crippen LogP contribution in [0, 0.1) is 0 Å². The second-order valence-electron chi connectivity index (χ2n) is 9.06. The molecule has 2 heterocycles. The summed E-state index contributed by atoms with van der Waals surface area (Å²) < 4.78 is 27.4. The number of nitrogens with one attached hydrogen (secondary N) is 2. The number of aliphatic imine (C=N–C) groups is 1. The molecule has 1 amide bonds. The van der Waals surface area contributed by atoms with Gasteiger partial charge in [0.25, 0.3) is 10.0 Å². The highest BCUT2D eigenvalue weighted by Gasteiger charge is 2.31. The molecule has 8 heteroatoms. The number of sulfonamides is 1. The zero-order valence-corrected chi connectivity index (χ0v) is 20.6. The van der Waals surface area contributed by atoms with E-state index in [0.29, 0.717) is 18.5 Å². The average Bonchev–Trinajstić information content (AvgIpc) is 3.11. The van der Waals surface area contributed by atoms with E-state index in [0.717, 1.165) is 38.0 Å². The highest BCUT2D eigenvalue weighted by Crippen LogP contribution is 2.23. The van der Waals surface area contributed by atoms with Crippen LogP contribution in [0.4, 0.5) is 0 Å². The molecule has 0 aromatic heterocycles. The van der Waals surface area contributed by atoms with Crippen molar-refractivity contribution in [2.75, 3.05) is 13.1 Å². The van der Waals surface area contributed by atoms with E-state index in [1.165, 1.54) is 24.8 Å². The highest BCUT2D eigenvalue weighted by atomic mass is 32.2. The number of rotatable bonds is 9. The van der Waals surface area contributed by atoms with Crippen molar-refractivity contribution in [1.29, 1.82) is 0 Å². The van der Waals surface area contributed by atoms with Crippen LogP contribution in [0.1, 0.15) is 62.1 Å². The first-order valence-electron chi connectivity index (χ1n) is 12.2. The lowest BCUT2D eigenvalue weighted by Gasteiger charge is -2.27. The van der Waals surface area contributed by atoms with Gasteiger partial charge in [-0.3, -0.25) is 19.4 Å². The number of fused-ring (bicyclic) bond motifs is 1. The number of amidine groups is 1. The summed E-state index contributed by atoms with van der Waals surface area (Å²) in [4.78, 5) is 20.4. The Morgan fingerprint density at radius 1 is 1.06 bits per heavy atom. The molecule has 1 fully saturated rings. The summed E-state index contributed by atoms with van der Waals surface area (Å²) in [6.45, 7) is 5.63. The number of piperidine rings is 1. The highest BCUT2D eigenvalue weighted by molar-refractivity contribution is 7.90. The molecule has 1 unspecified atom stereocenters. The van der Waals surface area contributed by atoms with Gasteiger partial charge in [-0.25, -0.2) is 8.42 Å². The molecule has 7 nitrogen and oxygen atoms in total. The van der Waals surface area contributed by atoms with Crippen LogP contribution in [0.2, 0.25) is 0 Å². The van der Waals surface area contributed by atoms with Crippen LogP contribution in [0.3, 0.4) is 0 Å². The molecule has 0 spiro atoms. The van der Waals surface area contributed by atoms with Crippen molar-refractivity contribution in [3.63, 3.8) is 0 Å². The number of unbranched alkanes of at least 4 members (excludes halogenated alkanes) is 1. The Kier molecular flexibility index (Phi) is 8.00. The maximum Gasteiger partial charge on any atom is 0.263 e. The number of nitrogens with zero attached hydrogens (tertiary/aromatic N) is 2. The molecule has 1 atom stereocenters. The van der Waals surface area contributed by atoms with E-state index < -0.39 is 16.1 Å². The first-order valence-corrected chi connectivity index (χ1v) is 13.7. The van der Waals surface area contributed by atoms with Crippen molar-refractivity contribution in [2.45, 2.75) is 69.5 Å². The standard InChI is InChI=1S/C26H34N4O3S/c1-2-3-14-23(28-25-22-13-7-8-15-24(22)34(32,33)29-25)26(31)27-18-20-11-5-6-12-21(20)19-30-16-9-4-10-17-30/h5-8,11-13,15,23H,2-4,9-10,14,16-19H2,1H3,(H,27,31)(H,28,29). The second-order valence-corrected chi connectivity index (χ2v) is 10.7. The molecule has 0 aliphatic carbocycles. The molecular weight excluding hydrogens is 448 g/mol. The zero-order chi connectivity index (χ0) is 24.0. The molecule has 4 rings (SSSR count). The monoisotopic (exact) mass is 482 g/mol. The van der Waals surface area contributed by atoms with E-state index in [1.54, 1.807) is 24.3 Å². The Balaban J connectivity index is 1.48. The molecule has 2 aliphatic heterocycles. The van der Waals surface area contributed by atoms with Gasteiger partial charge in [0.15, 0.2) is 0 Å². The molecule has 182 valence electrons. The maximum absolute atomic E-state index is 13.2. The van der Waals surface area contributed by atoms with Crippen LogP contribution in [0.25, 0.3) is 0 Å². The molecule has 0 saturated carbocycles. The fraction of sp³-hybridized carbons (Fsp3) is 0.462. The Morgan fingerprint density at radius 3 is 2.53 bits per heavy atom. The minimum absolute atomic E-state index is 0.183. The summed E-state index contributed by atoms with van der Waals surface area (Å²) in [5.41, 5.74) is 2.86. The van der Waals surface area contributed by atoms with Crippen molar-refractivity contribution in [2.24, 2.45) is 4.99 Å². The molecule has 2 N–H and O–H groups in total. The van der Waals surface area contributed by atoms with Gasteiger partial charge < -0.3 is 5.32 Å². The van der Waals surface area contributed by atoms with Gasteiger partial charge in [-0.1, -0.05) is 62.6 Å². The van der Waals surface area contributed by atoms with Crippen LogP contribution >= 0.6 is 0 Å². The minimum Gasteiger partial charge on any atom is -0.350 e. The number of carbonyl (C=O) groups is 1. The van der Waals surface area contributed by atoms with Gasteiger partial charge in [0.2, 0.25) is 5.91 Å². The summed E-state index contributed by atoms with van der Waals surface area (Å²) in [5.74, 6) is 0.0645. The lowest BCUT2D eigenvalue weighted by Crippen LogP contribution is -2.36. The van der Waals surface area contributed by atoms with Crippen molar-refractivity contribution in [3.8, 4) is 0 Å². The van der Waals surface area contributed by atoms with Crippen molar-refractivity contribution >= 4 is 21.8 Å². The molecule has 2 aromatic rings. The Hall–Kier alpha value is -2.71. The van der Waals surface area contributed by atoms with E-state index in [-0.39, 0.29) is 16.6 Å². The van der Waals surface area contributed by atoms with Gasteiger partial charge in [0, 0.05) is 18.7 Å². The van der Waals surface area contributed by atoms with Gasteiger partial charge in [0.05, 0.1) is 4.90 Å². The normalized spacial score (nSPS) is 19.4. The third kappa shape index (κ3) is 5.85.